The Morgan fingerprint density at radius 1 is 1.00 bits per heavy atom. The maximum atomic E-state index is 14.4. The molecule has 1 rings (SSSR count). The zero-order valence-electron chi connectivity index (χ0n) is 27.7. The molecule has 0 aliphatic rings. The number of nitrogens with zero attached hydrogens (tertiary/aromatic N) is 1. The molecule has 9 nitrogen and oxygen atoms in total. The third-order valence-electron chi connectivity index (χ3n) is 6.86. The number of aryl methyl sites for hydroxylation is 2. The SMILES string of the molecule is CCCCCCCCN(C(=O)C(CCSC)NC(=O)OC(C)(C)C)C(C(=O)NCCC(=O)OCC)c1cc(C)ccc1C. The molecule has 0 saturated carbocycles. The summed E-state index contributed by atoms with van der Waals surface area (Å²) in [5.41, 5.74) is 1.82. The van der Waals surface area contributed by atoms with E-state index in [4.69, 9.17) is 9.47 Å². The van der Waals surface area contributed by atoms with Crippen molar-refractivity contribution < 1.29 is 28.7 Å². The van der Waals surface area contributed by atoms with E-state index in [0.29, 0.717) is 30.7 Å². The lowest BCUT2D eigenvalue weighted by atomic mass is 9.95. The Kier molecular flexibility index (Phi) is 18.0. The molecule has 2 N–H and O–H groups in total. The van der Waals surface area contributed by atoms with Crippen LogP contribution in [-0.4, -0.2) is 72.1 Å². The van der Waals surface area contributed by atoms with Gasteiger partial charge in [-0.05, 0) is 77.5 Å². The highest BCUT2D eigenvalue weighted by Gasteiger charge is 2.36. The molecule has 43 heavy (non-hydrogen) atoms. The van der Waals surface area contributed by atoms with Gasteiger partial charge in [0.25, 0.3) is 0 Å². The molecule has 3 amide bonds. The second-order valence-corrected chi connectivity index (χ2v) is 12.9. The van der Waals surface area contributed by atoms with Crippen LogP contribution in [0.25, 0.3) is 0 Å². The number of alkyl carbamates (subject to hydrolysis) is 1. The summed E-state index contributed by atoms with van der Waals surface area (Å²) >= 11 is 1.58. The third-order valence-corrected chi connectivity index (χ3v) is 7.50. The Morgan fingerprint density at radius 3 is 2.30 bits per heavy atom. The molecule has 0 bridgehead atoms. The second kappa shape index (κ2) is 20.3. The lowest BCUT2D eigenvalue weighted by Crippen LogP contribution is -2.53. The topological polar surface area (TPSA) is 114 Å². The first-order valence-electron chi connectivity index (χ1n) is 15.6. The lowest BCUT2D eigenvalue weighted by Gasteiger charge is -2.35. The van der Waals surface area contributed by atoms with Gasteiger partial charge in [0.15, 0.2) is 0 Å². The van der Waals surface area contributed by atoms with Gasteiger partial charge in [-0.15, -0.1) is 0 Å². The minimum Gasteiger partial charge on any atom is -0.466 e. The summed E-state index contributed by atoms with van der Waals surface area (Å²) in [6.45, 7) is 13.8. The van der Waals surface area contributed by atoms with E-state index in [9.17, 15) is 19.2 Å². The first-order chi connectivity index (χ1) is 20.3. The van der Waals surface area contributed by atoms with Gasteiger partial charge in [-0.1, -0.05) is 62.8 Å². The van der Waals surface area contributed by atoms with E-state index in [-0.39, 0.29) is 31.4 Å². The number of carbonyl (C=O) groups excluding carboxylic acids is 4. The number of amides is 3. The molecule has 10 heteroatoms. The average Bonchev–Trinajstić information content (AvgIpc) is 2.92. The molecule has 0 aromatic heterocycles. The monoisotopic (exact) mass is 621 g/mol. The molecule has 0 aliphatic carbocycles. The Hall–Kier alpha value is -2.75. The molecule has 0 saturated heterocycles. The summed E-state index contributed by atoms with van der Waals surface area (Å²) in [6, 6.07) is 4.04. The van der Waals surface area contributed by atoms with Crippen LogP contribution in [0.1, 0.15) is 109 Å². The van der Waals surface area contributed by atoms with Crippen molar-refractivity contribution in [1.29, 1.82) is 0 Å². The number of rotatable bonds is 19. The van der Waals surface area contributed by atoms with Crippen LogP contribution in [0, 0.1) is 13.8 Å². The standard InChI is InChI=1S/C33H55N3O6S/c1-9-11-12-13-14-15-21-36(31(39)27(19-22-43-8)35-32(40)42-33(5,6)7)29(26-23-24(3)16-17-25(26)4)30(38)34-20-18-28(37)41-10-2/h16-17,23,27,29H,9-15,18-22H2,1-8H3,(H,34,38)(H,35,40). The zero-order valence-corrected chi connectivity index (χ0v) is 28.5. The van der Waals surface area contributed by atoms with Gasteiger partial charge < -0.3 is 25.0 Å². The highest BCUT2D eigenvalue weighted by molar-refractivity contribution is 7.98. The second-order valence-electron chi connectivity index (χ2n) is 11.9. The largest absolute Gasteiger partial charge is 0.466 e. The molecule has 0 fully saturated rings. The van der Waals surface area contributed by atoms with E-state index >= 15 is 0 Å². The van der Waals surface area contributed by atoms with Crippen molar-refractivity contribution in [3.8, 4) is 0 Å². The Labute approximate surface area is 263 Å². The van der Waals surface area contributed by atoms with E-state index in [0.717, 1.165) is 43.2 Å². The fraction of sp³-hybridized carbons (Fsp3) is 0.697. The van der Waals surface area contributed by atoms with Crippen molar-refractivity contribution in [2.24, 2.45) is 0 Å². The molecular formula is C33H55N3O6S. The zero-order chi connectivity index (χ0) is 32.4. The minimum atomic E-state index is -0.942. The average molecular weight is 622 g/mol. The summed E-state index contributed by atoms with van der Waals surface area (Å²) < 4.78 is 10.5. The molecule has 0 aliphatic heterocycles. The number of benzene rings is 1. The van der Waals surface area contributed by atoms with Crippen LogP contribution >= 0.6 is 11.8 Å². The van der Waals surface area contributed by atoms with Crippen LogP contribution in [-0.2, 0) is 23.9 Å². The van der Waals surface area contributed by atoms with Crippen molar-refractivity contribution in [3.63, 3.8) is 0 Å². The summed E-state index contributed by atoms with van der Waals surface area (Å²) in [5.74, 6) is -0.473. The van der Waals surface area contributed by atoms with Crippen molar-refractivity contribution in [3.05, 3.63) is 34.9 Å². The number of hydrogen-bond acceptors (Lipinski definition) is 7. The van der Waals surface area contributed by atoms with Crippen LogP contribution in [0.3, 0.4) is 0 Å². The van der Waals surface area contributed by atoms with Gasteiger partial charge in [0.2, 0.25) is 11.8 Å². The van der Waals surface area contributed by atoms with Crippen molar-refractivity contribution in [2.75, 3.05) is 31.7 Å². The molecule has 0 radical (unpaired) electrons. The van der Waals surface area contributed by atoms with Crippen molar-refractivity contribution >= 4 is 35.6 Å². The third kappa shape index (κ3) is 15.0. The van der Waals surface area contributed by atoms with E-state index in [1.54, 1.807) is 44.4 Å². The molecule has 1 aromatic carbocycles. The predicted molar refractivity (Wildman–Crippen MR) is 174 cm³/mol. The number of hydrogen-bond donors (Lipinski definition) is 2. The number of ether oxygens (including phenoxy) is 2. The number of carbonyl (C=O) groups is 4. The van der Waals surface area contributed by atoms with E-state index < -0.39 is 29.7 Å². The Bertz CT molecular complexity index is 1030. The normalized spacial score (nSPS) is 12.7. The quantitative estimate of drug-likeness (QED) is 0.139. The minimum absolute atomic E-state index is 0.0288. The van der Waals surface area contributed by atoms with Crippen LogP contribution < -0.4 is 10.6 Å². The van der Waals surface area contributed by atoms with Crippen molar-refractivity contribution in [2.45, 2.75) is 118 Å². The fourth-order valence-electron chi connectivity index (χ4n) is 4.69. The summed E-state index contributed by atoms with van der Waals surface area (Å²) in [4.78, 5) is 54.7. The first kappa shape index (κ1) is 38.3. The highest BCUT2D eigenvalue weighted by Crippen LogP contribution is 2.28. The summed E-state index contributed by atoms with van der Waals surface area (Å²) in [7, 11) is 0. The van der Waals surface area contributed by atoms with E-state index in [2.05, 4.69) is 17.6 Å². The molecule has 244 valence electrons. The van der Waals surface area contributed by atoms with Crippen LogP contribution in [0.5, 0.6) is 0 Å². The lowest BCUT2D eigenvalue weighted by molar-refractivity contribution is -0.144. The van der Waals surface area contributed by atoms with Crippen LogP contribution in [0.15, 0.2) is 18.2 Å². The van der Waals surface area contributed by atoms with Gasteiger partial charge in [0.1, 0.15) is 17.7 Å². The van der Waals surface area contributed by atoms with Gasteiger partial charge in [-0.2, -0.15) is 11.8 Å². The Morgan fingerprint density at radius 2 is 1.67 bits per heavy atom. The molecular weight excluding hydrogens is 566 g/mol. The smallest absolute Gasteiger partial charge is 0.408 e. The molecule has 0 spiro atoms. The summed E-state index contributed by atoms with van der Waals surface area (Å²) in [5, 5.41) is 5.67. The molecule has 0 heterocycles. The Balaban J connectivity index is 3.49. The fourth-order valence-corrected chi connectivity index (χ4v) is 5.17. The van der Waals surface area contributed by atoms with Gasteiger partial charge in [-0.25, -0.2) is 4.79 Å². The molecule has 2 atom stereocenters. The number of nitrogens with one attached hydrogen (secondary N) is 2. The predicted octanol–water partition coefficient (Wildman–Crippen LogP) is 6.25. The number of esters is 1. The van der Waals surface area contributed by atoms with Gasteiger partial charge >= 0.3 is 12.1 Å². The number of thioether (sulfide) groups is 1. The van der Waals surface area contributed by atoms with Crippen molar-refractivity contribution in [1.82, 2.24) is 15.5 Å². The molecule has 1 aromatic rings. The van der Waals surface area contributed by atoms with E-state index in [1.807, 2.05) is 38.3 Å². The first-order valence-corrected chi connectivity index (χ1v) is 17.0. The van der Waals surface area contributed by atoms with Crippen LogP contribution in [0.4, 0.5) is 4.79 Å². The van der Waals surface area contributed by atoms with Crippen LogP contribution in [0.2, 0.25) is 0 Å². The van der Waals surface area contributed by atoms with Gasteiger partial charge in [0.05, 0.1) is 13.0 Å². The highest BCUT2D eigenvalue weighted by atomic mass is 32.2. The number of unbranched alkanes of at least 4 members (excludes halogenated alkanes) is 5. The maximum absolute atomic E-state index is 14.4. The van der Waals surface area contributed by atoms with Gasteiger partial charge in [-0.3, -0.25) is 14.4 Å². The maximum Gasteiger partial charge on any atom is 0.408 e. The van der Waals surface area contributed by atoms with Gasteiger partial charge in [0, 0.05) is 13.1 Å². The summed E-state index contributed by atoms with van der Waals surface area (Å²) in [6.07, 6.45) is 7.78. The molecule has 2 unspecified atom stereocenters. The van der Waals surface area contributed by atoms with E-state index in [1.165, 1.54) is 0 Å².